The number of alkyl carbamates (subject to hydrolysis) is 1. The van der Waals surface area contributed by atoms with Crippen LogP contribution in [0.25, 0.3) is 11.0 Å². The highest BCUT2D eigenvalue weighted by Crippen LogP contribution is 2.24. The summed E-state index contributed by atoms with van der Waals surface area (Å²) in [7, 11) is 0. The third kappa shape index (κ3) is 15.8. The predicted molar refractivity (Wildman–Crippen MR) is 199 cm³/mol. The van der Waals surface area contributed by atoms with Crippen molar-refractivity contribution in [2.24, 2.45) is 22.4 Å². The van der Waals surface area contributed by atoms with E-state index in [9.17, 15) is 38.7 Å². The van der Waals surface area contributed by atoms with Crippen LogP contribution in [0, 0.1) is 12.8 Å². The minimum Gasteiger partial charge on any atom is -0.481 e. The number of carbonyl (C=O) groups is 6. The summed E-state index contributed by atoms with van der Waals surface area (Å²) >= 11 is 0. The minimum atomic E-state index is -1.40. The van der Waals surface area contributed by atoms with Gasteiger partial charge in [-0.25, -0.2) is 9.59 Å². The molecule has 0 spiro atoms. The van der Waals surface area contributed by atoms with Crippen LogP contribution in [-0.2, 0) is 28.7 Å². The van der Waals surface area contributed by atoms with Crippen molar-refractivity contribution in [2.75, 3.05) is 18.4 Å². The number of anilines is 1. The molecule has 0 fully saturated rings. The van der Waals surface area contributed by atoms with Gasteiger partial charge in [0.25, 0.3) is 0 Å². The number of hydrogen-bond acceptors (Lipinski definition) is 10. The number of aryl methyl sites for hydroxylation is 1. The highest BCUT2D eigenvalue weighted by molar-refractivity contribution is 6.03. The van der Waals surface area contributed by atoms with Crippen LogP contribution in [0.2, 0.25) is 0 Å². The lowest BCUT2D eigenvalue weighted by Crippen LogP contribution is -2.57. The molecule has 18 nitrogen and oxygen atoms in total. The van der Waals surface area contributed by atoms with Gasteiger partial charge >= 0.3 is 17.7 Å². The van der Waals surface area contributed by atoms with Crippen LogP contribution in [0.5, 0.6) is 0 Å². The zero-order valence-corrected chi connectivity index (χ0v) is 31.5. The van der Waals surface area contributed by atoms with E-state index in [1.54, 1.807) is 53.7 Å². The first kappa shape index (κ1) is 45.6. The van der Waals surface area contributed by atoms with Crippen molar-refractivity contribution in [1.82, 2.24) is 21.3 Å². The van der Waals surface area contributed by atoms with Gasteiger partial charge in [-0.3, -0.25) is 29.0 Å². The number of fused-ring (bicyclic) bond motifs is 1. The van der Waals surface area contributed by atoms with E-state index in [2.05, 4.69) is 31.6 Å². The number of nitrogens with one attached hydrogen (secondary N) is 5. The van der Waals surface area contributed by atoms with Crippen molar-refractivity contribution in [3.63, 3.8) is 0 Å². The second kappa shape index (κ2) is 21.2. The molecule has 1 aromatic carbocycles. The maximum absolute atomic E-state index is 13.4. The monoisotopic (exact) mass is 766 g/mol. The van der Waals surface area contributed by atoms with E-state index in [0.29, 0.717) is 17.4 Å². The van der Waals surface area contributed by atoms with Crippen molar-refractivity contribution in [3.05, 3.63) is 40.2 Å². The summed E-state index contributed by atoms with van der Waals surface area (Å²) in [6, 6.07) is 2.54. The molecule has 4 atom stereocenters. The SMILES string of the molecule is CC[C@H](C)[C@H](NC(=O)OC(C)(C)C)C(=O)N[C@@H](CCC(=O)O)C(=O)NCC(=O)N[C@@H](CCCN=C(N)N)C(=O)Nc1cccc2c(C)cc(=O)oc12.Cl. The van der Waals surface area contributed by atoms with Crippen LogP contribution in [0.15, 0.2) is 38.5 Å². The second-order valence-corrected chi connectivity index (χ2v) is 13.2. The number of aliphatic imine (C=N–C) groups is 1. The van der Waals surface area contributed by atoms with Crippen LogP contribution >= 0.6 is 12.4 Å². The van der Waals surface area contributed by atoms with Gasteiger partial charge in [-0.1, -0.05) is 32.4 Å². The fourth-order valence-electron chi connectivity index (χ4n) is 4.90. The Bertz CT molecular complexity index is 1700. The highest BCUT2D eigenvalue weighted by Gasteiger charge is 2.32. The Kier molecular flexibility index (Phi) is 18.3. The van der Waals surface area contributed by atoms with Crippen LogP contribution in [-0.4, -0.2) is 83.6 Å². The summed E-state index contributed by atoms with van der Waals surface area (Å²) in [4.78, 5) is 92.8. The number of carbonyl (C=O) groups excluding carboxylic acids is 5. The lowest BCUT2D eigenvalue weighted by Gasteiger charge is -2.28. The molecule has 0 bridgehead atoms. The molecule has 0 unspecified atom stereocenters. The van der Waals surface area contributed by atoms with Crippen LogP contribution in [0.1, 0.15) is 72.3 Å². The molecule has 0 saturated heterocycles. The number of para-hydroxylation sites is 1. The van der Waals surface area contributed by atoms with Crippen LogP contribution in [0.4, 0.5) is 10.5 Å². The Labute approximate surface area is 313 Å². The van der Waals surface area contributed by atoms with Crippen molar-refractivity contribution in [3.8, 4) is 0 Å². The molecule has 53 heavy (non-hydrogen) atoms. The molecule has 19 heteroatoms. The summed E-state index contributed by atoms with van der Waals surface area (Å²) in [5, 5.41) is 22.4. The summed E-state index contributed by atoms with van der Waals surface area (Å²) in [6.07, 6.45) is -0.878. The topological polar surface area (TPSA) is 287 Å². The van der Waals surface area contributed by atoms with Crippen molar-refractivity contribution >= 4 is 70.7 Å². The molecule has 0 aliphatic rings. The van der Waals surface area contributed by atoms with E-state index < -0.39 is 83.9 Å². The van der Waals surface area contributed by atoms with E-state index in [1.165, 1.54) is 12.1 Å². The lowest BCUT2D eigenvalue weighted by molar-refractivity contribution is -0.138. The van der Waals surface area contributed by atoms with Crippen LogP contribution < -0.4 is 43.7 Å². The molecule has 0 radical (unpaired) electrons. The number of carboxylic acids is 1. The fraction of sp³-hybridized carbons (Fsp3) is 0.529. The Morgan fingerprint density at radius 2 is 1.64 bits per heavy atom. The number of hydrogen-bond donors (Lipinski definition) is 8. The zero-order valence-electron chi connectivity index (χ0n) is 30.7. The summed E-state index contributed by atoms with van der Waals surface area (Å²) in [5.74, 6) is -4.87. The molecule has 10 N–H and O–H groups in total. The largest absolute Gasteiger partial charge is 0.481 e. The Morgan fingerprint density at radius 3 is 2.25 bits per heavy atom. The number of benzene rings is 1. The van der Waals surface area contributed by atoms with Gasteiger partial charge in [0, 0.05) is 24.4 Å². The zero-order chi connectivity index (χ0) is 39.2. The number of ether oxygens (including phenoxy) is 1. The van der Waals surface area contributed by atoms with Gasteiger partial charge in [0.1, 0.15) is 23.7 Å². The number of nitrogens with zero attached hydrogens (tertiary/aromatic N) is 1. The number of rotatable bonds is 18. The predicted octanol–water partition coefficient (Wildman–Crippen LogP) is 1.41. The van der Waals surface area contributed by atoms with Gasteiger partial charge in [0.2, 0.25) is 23.6 Å². The van der Waals surface area contributed by atoms with Crippen molar-refractivity contribution in [2.45, 2.75) is 97.4 Å². The number of nitrogens with two attached hydrogens (primary N) is 2. The number of carboxylic acid groups (broad SMARTS) is 1. The molecule has 1 aromatic heterocycles. The lowest BCUT2D eigenvalue weighted by atomic mass is 9.97. The minimum absolute atomic E-state index is 0. The van der Waals surface area contributed by atoms with E-state index in [0.717, 1.165) is 0 Å². The molecular weight excluding hydrogens is 716 g/mol. The Balaban J connectivity index is 0.0000140. The standard InChI is InChI=1S/C34H50N8O10.ClH/c1-7-18(2)27(42-33(50)52-34(4,5)6)31(49)41-23(13-14-25(44)45)29(47)38-17-24(43)39-22(12-9-15-37-32(35)36)30(48)40-21-11-8-10-20-19(3)16-26(46)51-28(20)21;/h8,10-11,16,18,22-23,27H,7,9,12-15,17H2,1-6H3,(H,38,47)(H,39,43)(H,40,48)(H,41,49)(H,42,50)(H,44,45)(H4,35,36,37);1H/t18-,22-,23-,27-;/m0./s1. The molecule has 0 aliphatic carbocycles. The molecule has 0 aliphatic heterocycles. The van der Waals surface area contributed by atoms with Gasteiger partial charge < -0.3 is 52.3 Å². The van der Waals surface area contributed by atoms with Crippen molar-refractivity contribution < 1.29 is 43.0 Å². The van der Waals surface area contributed by atoms with E-state index in [1.807, 2.05) is 0 Å². The smallest absolute Gasteiger partial charge is 0.408 e. The fourth-order valence-corrected chi connectivity index (χ4v) is 4.90. The quantitative estimate of drug-likeness (QED) is 0.0463. The number of aliphatic carboxylic acids is 1. The van der Waals surface area contributed by atoms with Gasteiger partial charge in [-0.2, -0.15) is 0 Å². The van der Waals surface area contributed by atoms with Gasteiger partial charge in [0.05, 0.1) is 12.2 Å². The summed E-state index contributed by atoms with van der Waals surface area (Å²) in [6.45, 7) is 9.68. The van der Waals surface area contributed by atoms with Gasteiger partial charge in [-0.15, -0.1) is 12.4 Å². The molecule has 0 saturated carbocycles. The Morgan fingerprint density at radius 1 is 0.981 bits per heavy atom. The van der Waals surface area contributed by atoms with E-state index in [-0.39, 0.29) is 55.4 Å². The van der Waals surface area contributed by atoms with E-state index in [4.69, 9.17) is 20.6 Å². The number of guanidine groups is 1. The number of halogens is 1. The Hall–Kier alpha value is -5.39. The highest BCUT2D eigenvalue weighted by atomic mass is 35.5. The van der Waals surface area contributed by atoms with E-state index >= 15 is 0 Å². The first-order chi connectivity index (χ1) is 24.3. The van der Waals surface area contributed by atoms with Crippen LogP contribution in [0.3, 0.4) is 0 Å². The summed E-state index contributed by atoms with van der Waals surface area (Å²) < 4.78 is 10.6. The first-order valence-corrected chi connectivity index (χ1v) is 16.8. The molecule has 1 heterocycles. The molecule has 2 aromatic rings. The second-order valence-electron chi connectivity index (χ2n) is 13.2. The third-order valence-electron chi connectivity index (χ3n) is 7.70. The third-order valence-corrected chi connectivity index (χ3v) is 7.70. The maximum Gasteiger partial charge on any atom is 0.408 e. The number of amides is 5. The molecule has 2 rings (SSSR count). The average Bonchev–Trinajstić information content (AvgIpc) is 3.04. The molecule has 294 valence electrons. The van der Waals surface area contributed by atoms with Crippen molar-refractivity contribution in [1.29, 1.82) is 0 Å². The first-order valence-electron chi connectivity index (χ1n) is 16.8. The maximum atomic E-state index is 13.4. The molecule has 5 amide bonds. The average molecular weight is 767 g/mol. The summed E-state index contributed by atoms with van der Waals surface area (Å²) in [5.41, 5.74) is 10.3. The van der Waals surface area contributed by atoms with Gasteiger partial charge in [-0.05, 0) is 64.5 Å². The normalized spacial score (nSPS) is 13.2. The molecular formula is C34H51ClN8O10. The van der Waals surface area contributed by atoms with Gasteiger partial charge in [0.15, 0.2) is 11.5 Å².